The van der Waals surface area contributed by atoms with Gasteiger partial charge in [-0.2, -0.15) is 0 Å². The first-order valence-corrected chi connectivity index (χ1v) is 8.32. The minimum absolute atomic E-state index is 0.0922. The predicted octanol–water partition coefficient (Wildman–Crippen LogP) is 3.06. The molecule has 1 amide bonds. The molecule has 7 heteroatoms. The fourth-order valence-electron chi connectivity index (χ4n) is 2.64. The van der Waals surface area contributed by atoms with Gasteiger partial charge in [-0.15, -0.1) is 0 Å². The lowest BCUT2D eigenvalue weighted by molar-refractivity contribution is -0.139. The van der Waals surface area contributed by atoms with Gasteiger partial charge in [-0.05, 0) is 51.8 Å². The minimum atomic E-state index is -1.13. The molecule has 1 heterocycles. The molecule has 128 valence electrons. The number of aromatic hydroxyl groups is 1. The number of carboxylic acid groups (broad SMARTS) is 1. The van der Waals surface area contributed by atoms with Crippen LogP contribution >= 0.6 is 15.9 Å². The molecule has 3 rings (SSSR count). The van der Waals surface area contributed by atoms with Gasteiger partial charge in [0.05, 0.1) is 5.56 Å². The van der Waals surface area contributed by atoms with Crippen LogP contribution in [0.2, 0.25) is 0 Å². The van der Waals surface area contributed by atoms with Crippen LogP contribution in [0, 0.1) is 0 Å². The Morgan fingerprint density at radius 2 is 1.96 bits per heavy atom. The SMILES string of the molecule is O=C(N[C@@H](Cc1c[nH]c2ccc(O)cc12)C(=O)O)c1ccccc1Br. The van der Waals surface area contributed by atoms with Crippen LogP contribution in [-0.2, 0) is 11.2 Å². The Balaban J connectivity index is 1.84. The van der Waals surface area contributed by atoms with Gasteiger partial charge in [0.2, 0.25) is 0 Å². The number of phenolic OH excluding ortho intramolecular Hbond substituents is 1. The van der Waals surface area contributed by atoms with Crippen LogP contribution in [0.5, 0.6) is 5.75 Å². The fourth-order valence-corrected chi connectivity index (χ4v) is 3.10. The summed E-state index contributed by atoms with van der Waals surface area (Å²) in [5.41, 5.74) is 1.85. The quantitative estimate of drug-likeness (QED) is 0.526. The zero-order valence-corrected chi connectivity index (χ0v) is 14.6. The third-order valence-corrected chi connectivity index (χ3v) is 4.59. The molecule has 0 aliphatic carbocycles. The molecule has 0 unspecified atom stereocenters. The van der Waals surface area contributed by atoms with Crippen molar-refractivity contribution in [3.8, 4) is 5.75 Å². The second kappa shape index (κ2) is 6.98. The highest BCUT2D eigenvalue weighted by Gasteiger charge is 2.23. The Labute approximate surface area is 151 Å². The molecule has 0 saturated carbocycles. The Hall–Kier alpha value is -2.80. The first-order chi connectivity index (χ1) is 12.0. The largest absolute Gasteiger partial charge is 0.508 e. The lowest BCUT2D eigenvalue weighted by atomic mass is 10.0. The molecule has 1 atom stereocenters. The Morgan fingerprint density at radius 3 is 2.68 bits per heavy atom. The van der Waals surface area contributed by atoms with E-state index in [0.717, 1.165) is 10.9 Å². The van der Waals surface area contributed by atoms with Crippen molar-refractivity contribution in [2.24, 2.45) is 0 Å². The molecule has 2 aromatic carbocycles. The molecule has 0 saturated heterocycles. The number of phenols is 1. The summed E-state index contributed by atoms with van der Waals surface area (Å²) < 4.78 is 0.591. The molecule has 0 bridgehead atoms. The maximum absolute atomic E-state index is 12.4. The molecule has 25 heavy (non-hydrogen) atoms. The number of benzene rings is 2. The predicted molar refractivity (Wildman–Crippen MR) is 96.7 cm³/mol. The van der Waals surface area contributed by atoms with Crippen LogP contribution in [0.3, 0.4) is 0 Å². The highest BCUT2D eigenvalue weighted by molar-refractivity contribution is 9.10. The number of carboxylic acids is 1. The number of rotatable bonds is 5. The molecular weight excluding hydrogens is 388 g/mol. The summed E-state index contributed by atoms with van der Waals surface area (Å²) >= 11 is 3.28. The van der Waals surface area contributed by atoms with E-state index in [2.05, 4.69) is 26.2 Å². The smallest absolute Gasteiger partial charge is 0.326 e. The van der Waals surface area contributed by atoms with E-state index in [1.165, 1.54) is 0 Å². The van der Waals surface area contributed by atoms with Crippen LogP contribution in [0.4, 0.5) is 0 Å². The molecule has 0 radical (unpaired) electrons. The number of amides is 1. The van der Waals surface area contributed by atoms with Gasteiger partial charge in [-0.25, -0.2) is 4.79 Å². The highest BCUT2D eigenvalue weighted by Crippen LogP contribution is 2.24. The number of hydrogen-bond acceptors (Lipinski definition) is 3. The Bertz CT molecular complexity index is 951. The van der Waals surface area contributed by atoms with Crippen molar-refractivity contribution in [1.29, 1.82) is 0 Å². The first kappa shape index (κ1) is 17.0. The lowest BCUT2D eigenvalue weighted by Crippen LogP contribution is -2.42. The number of aliphatic carboxylic acids is 1. The number of carbonyl (C=O) groups excluding carboxylic acids is 1. The molecule has 0 spiro atoms. The van der Waals surface area contributed by atoms with Gasteiger partial charge < -0.3 is 20.5 Å². The van der Waals surface area contributed by atoms with Gasteiger partial charge in [-0.3, -0.25) is 4.79 Å². The van der Waals surface area contributed by atoms with Gasteiger partial charge in [0.1, 0.15) is 11.8 Å². The van der Waals surface area contributed by atoms with Crippen molar-refractivity contribution in [2.75, 3.05) is 0 Å². The van der Waals surface area contributed by atoms with Gasteiger partial charge >= 0.3 is 5.97 Å². The van der Waals surface area contributed by atoms with Crippen molar-refractivity contribution < 1.29 is 19.8 Å². The zero-order valence-electron chi connectivity index (χ0n) is 13.0. The summed E-state index contributed by atoms with van der Waals surface area (Å²) in [6, 6.07) is 10.5. The molecular formula is C18H15BrN2O4. The van der Waals surface area contributed by atoms with E-state index >= 15 is 0 Å². The average Bonchev–Trinajstić information content (AvgIpc) is 2.96. The van der Waals surface area contributed by atoms with E-state index in [0.29, 0.717) is 15.6 Å². The standard InChI is InChI=1S/C18H15BrN2O4/c19-14-4-2-1-3-12(14)17(23)21-16(18(24)25)7-10-9-20-15-6-5-11(22)8-13(10)15/h1-6,8-9,16,20,22H,7H2,(H,21,23)(H,24,25)/t16-/m0/s1. The van der Waals surface area contributed by atoms with Crippen molar-refractivity contribution in [1.82, 2.24) is 10.3 Å². The van der Waals surface area contributed by atoms with Crippen LogP contribution in [-0.4, -0.2) is 33.1 Å². The summed E-state index contributed by atoms with van der Waals surface area (Å²) in [7, 11) is 0. The summed E-state index contributed by atoms with van der Waals surface area (Å²) in [6.45, 7) is 0. The normalized spacial score (nSPS) is 12.0. The molecule has 1 aromatic heterocycles. The molecule has 3 aromatic rings. The topological polar surface area (TPSA) is 102 Å². The third kappa shape index (κ3) is 3.66. The summed E-state index contributed by atoms with van der Waals surface area (Å²) in [4.78, 5) is 27.0. The van der Waals surface area contributed by atoms with E-state index in [-0.39, 0.29) is 12.2 Å². The van der Waals surface area contributed by atoms with Gasteiger partial charge in [0.15, 0.2) is 0 Å². The van der Waals surface area contributed by atoms with Crippen molar-refractivity contribution in [3.63, 3.8) is 0 Å². The van der Waals surface area contributed by atoms with Gasteiger partial charge in [0.25, 0.3) is 5.91 Å². The summed E-state index contributed by atoms with van der Waals surface area (Å²) in [5.74, 6) is -1.50. The van der Waals surface area contributed by atoms with Gasteiger partial charge in [0, 0.05) is 28.0 Å². The van der Waals surface area contributed by atoms with Crippen molar-refractivity contribution >= 4 is 38.7 Å². The average molecular weight is 403 g/mol. The number of fused-ring (bicyclic) bond motifs is 1. The fraction of sp³-hybridized carbons (Fsp3) is 0.111. The number of aromatic amines is 1. The second-order valence-corrected chi connectivity index (χ2v) is 6.45. The monoisotopic (exact) mass is 402 g/mol. The number of H-pyrrole nitrogens is 1. The van der Waals surface area contributed by atoms with E-state index in [1.807, 2.05) is 0 Å². The maximum Gasteiger partial charge on any atom is 0.326 e. The molecule has 6 nitrogen and oxygen atoms in total. The van der Waals surface area contributed by atoms with E-state index in [4.69, 9.17) is 0 Å². The number of halogens is 1. The number of aromatic nitrogens is 1. The van der Waals surface area contributed by atoms with Crippen molar-refractivity contribution in [3.05, 3.63) is 64.3 Å². The third-order valence-electron chi connectivity index (χ3n) is 3.90. The van der Waals surface area contributed by atoms with Crippen LogP contribution in [0.15, 0.2) is 53.1 Å². The van der Waals surface area contributed by atoms with Crippen LogP contribution < -0.4 is 5.32 Å². The summed E-state index contributed by atoms with van der Waals surface area (Å²) in [6.07, 6.45) is 1.78. The maximum atomic E-state index is 12.4. The van der Waals surface area contributed by atoms with Gasteiger partial charge in [-0.1, -0.05) is 12.1 Å². The molecule has 0 aliphatic heterocycles. The zero-order chi connectivity index (χ0) is 18.0. The number of hydrogen-bond donors (Lipinski definition) is 4. The second-order valence-electron chi connectivity index (χ2n) is 5.59. The molecule has 0 aliphatic rings. The Morgan fingerprint density at radius 1 is 1.20 bits per heavy atom. The number of nitrogens with one attached hydrogen (secondary N) is 2. The first-order valence-electron chi connectivity index (χ1n) is 7.53. The highest BCUT2D eigenvalue weighted by atomic mass is 79.9. The number of carbonyl (C=O) groups is 2. The van der Waals surface area contributed by atoms with Crippen LogP contribution in [0.25, 0.3) is 10.9 Å². The lowest BCUT2D eigenvalue weighted by Gasteiger charge is -2.15. The van der Waals surface area contributed by atoms with E-state index < -0.39 is 17.9 Å². The Kier molecular flexibility index (Phi) is 4.76. The van der Waals surface area contributed by atoms with E-state index in [1.54, 1.807) is 48.7 Å². The minimum Gasteiger partial charge on any atom is -0.508 e. The van der Waals surface area contributed by atoms with E-state index in [9.17, 15) is 19.8 Å². The van der Waals surface area contributed by atoms with Crippen molar-refractivity contribution in [2.45, 2.75) is 12.5 Å². The molecule has 4 N–H and O–H groups in total. The summed E-state index contributed by atoms with van der Waals surface area (Å²) in [5, 5.41) is 22.4. The van der Waals surface area contributed by atoms with Crippen LogP contribution in [0.1, 0.15) is 15.9 Å². The molecule has 0 fully saturated rings.